The van der Waals surface area contributed by atoms with Gasteiger partial charge in [-0.05, 0) is 38.8 Å². The highest BCUT2D eigenvalue weighted by molar-refractivity contribution is 5.78. The molecule has 104 valence electrons. The normalized spacial score (nSPS) is 26.9. The molecule has 2 heterocycles. The number of likely N-dealkylation sites (tertiary alicyclic amines) is 1. The van der Waals surface area contributed by atoms with Crippen molar-refractivity contribution in [2.45, 2.75) is 31.7 Å². The van der Waals surface area contributed by atoms with Crippen molar-refractivity contribution in [1.29, 1.82) is 0 Å². The van der Waals surface area contributed by atoms with Crippen molar-refractivity contribution in [2.75, 3.05) is 45.9 Å². The van der Waals surface area contributed by atoms with Crippen LogP contribution >= 0.6 is 0 Å². The third kappa shape index (κ3) is 3.67. The summed E-state index contributed by atoms with van der Waals surface area (Å²) in [6.07, 6.45) is 4.26. The Morgan fingerprint density at radius 1 is 1.17 bits per heavy atom. The lowest BCUT2D eigenvalue weighted by Crippen LogP contribution is -2.49. The van der Waals surface area contributed by atoms with Crippen molar-refractivity contribution >= 4 is 5.91 Å². The molecule has 0 saturated carbocycles. The second kappa shape index (κ2) is 7.07. The van der Waals surface area contributed by atoms with Gasteiger partial charge in [-0.25, -0.2) is 0 Å². The summed E-state index contributed by atoms with van der Waals surface area (Å²) < 4.78 is 0. The zero-order valence-electron chi connectivity index (χ0n) is 11.1. The number of aliphatic hydroxyl groups excluding tert-OH is 1. The van der Waals surface area contributed by atoms with Crippen LogP contribution in [0.1, 0.15) is 25.7 Å². The van der Waals surface area contributed by atoms with E-state index >= 15 is 0 Å². The number of aliphatic hydroxyl groups is 1. The molecule has 1 atom stereocenters. The Labute approximate surface area is 109 Å². The van der Waals surface area contributed by atoms with Gasteiger partial charge in [0.25, 0.3) is 0 Å². The summed E-state index contributed by atoms with van der Waals surface area (Å²) in [6, 6.07) is 0.0522. The molecule has 2 N–H and O–H groups in total. The lowest BCUT2D eigenvalue weighted by Gasteiger charge is -2.36. The molecule has 0 aliphatic carbocycles. The van der Waals surface area contributed by atoms with Crippen LogP contribution in [0, 0.1) is 0 Å². The number of carbonyl (C=O) groups excluding carboxylic acids is 1. The van der Waals surface area contributed by atoms with Gasteiger partial charge in [0, 0.05) is 19.6 Å². The number of hydrogen-bond acceptors (Lipinski definition) is 4. The molecule has 0 spiro atoms. The van der Waals surface area contributed by atoms with Crippen LogP contribution in [0.2, 0.25) is 0 Å². The molecular weight excluding hydrogens is 230 g/mol. The Bertz CT molecular complexity index is 265. The Morgan fingerprint density at radius 2 is 2.06 bits per heavy atom. The summed E-state index contributed by atoms with van der Waals surface area (Å²) in [5.41, 5.74) is 0. The van der Waals surface area contributed by atoms with E-state index in [4.69, 9.17) is 0 Å². The maximum absolute atomic E-state index is 12.3. The maximum atomic E-state index is 12.3. The molecule has 2 saturated heterocycles. The largest absolute Gasteiger partial charge is 0.394 e. The predicted molar refractivity (Wildman–Crippen MR) is 70.4 cm³/mol. The third-order valence-corrected chi connectivity index (χ3v) is 3.95. The van der Waals surface area contributed by atoms with Gasteiger partial charge in [-0.1, -0.05) is 0 Å². The Kier molecular flexibility index (Phi) is 5.41. The maximum Gasteiger partial charge on any atom is 0.237 e. The van der Waals surface area contributed by atoms with Crippen LogP contribution in [0.3, 0.4) is 0 Å². The Balaban J connectivity index is 1.85. The predicted octanol–water partition coefficient (Wildman–Crippen LogP) is -0.345. The van der Waals surface area contributed by atoms with Crippen LogP contribution in [-0.4, -0.2) is 72.7 Å². The van der Waals surface area contributed by atoms with E-state index in [-0.39, 0.29) is 18.6 Å². The summed E-state index contributed by atoms with van der Waals surface area (Å²) in [5.74, 6) is 0.190. The van der Waals surface area contributed by atoms with Gasteiger partial charge >= 0.3 is 0 Å². The summed E-state index contributed by atoms with van der Waals surface area (Å²) >= 11 is 0. The first-order valence-corrected chi connectivity index (χ1v) is 7.14. The minimum Gasteiger partial charge on any atom is -0.394 e. The van der Waals surface area contributed by atoms with E-state index in [9.17, 15) is 9.90 Å². The highest BCUT2D eigenvalue weighted by Crippen LogP contribution is 2.17. The van der Waals surface area contributed by atoms with Crippen molar-refractivity contribution in [2.24, 2.45) is 0 Å². The molecule has 18 heavy (non-hydrogen) atoms. The van der Waals surface area contributed by atoms with E-state index in [0.717, 1.165) is 58.4 Å². The van der Waals surface area contributed by atoms with E-state index in [0.29, 0.717) is 6.54 Å². The number of nitrogens with one attached hydrogen (secondary N) is 1. The Hall–Kier alpha value is -0.650. The zero-order valence-corrected chi connectivity index (χ0v) is 11.1. The molecule has 5 nitrogen and oxygen atoms in total. The number of carbonyl (C=O) groups is 1. The zero-order chi connectivity index (χ0) is 12.8. The second-order valence-electron chi connectivity index (χ2n) is 5.30. The quantitative estimate of drug-likeness (QED) is 0.724. The molecule has 0 aromatic carbocycles. The van der Waals surface area contributed by atoms with Gasteiger partial charge in [-0.2, -0.15) is 0 Å². The van der Waals surface area contributed by atoms with E-state index in [1.807, 2.05) is 4.90 Å². The number of piperidine rings is 1. The number of amides is 1. The lowest BCUT2D eigenvalue weighted by atomic mass is 10.0. The first kappa shape index (κ1) is 13.8. The van der Waals surface area contributed by atoms with Crippen molar-refractivity contribution in [1.82, 2.24) is 15.1 Å². The molecule has 1 amide bonds. The van der Waals surface area contributed by atoms with E-state index < -0.39 is 0 Å². The summed E-state index contributed by atoms with van der Waals surface area (Å²) in [5, 5.41) is 12.7. The van der Waals surface area contributed by atoms with Gasteiger partial charge in [-0.3, -0.25) is 9.69 Å². The minimum atomic E-state index is 0.0522. The van der Waals surface area contributed by atoms with E-state index in [2.05, 4.69) is 10.2 Å². The molecule has 2 fully saturated rings. The summed E-state index contributed by atoms with van der Waals surface area (Å²) in [6.45, 7) is 5.39. The molecular formula is C13H25N3O2. The standard InChI is InChI=1S/C13H25N3O2/c17-11-12-4-1-2-8-16(12)13(18)10-15-7-3-5-14-6-9-15/h12,14,17H,1-11H2. The van der Waals surface area contributed by atoms with Gasteiger partial charge < -0.3 is 15.3 Å². The molecule has 5 heteroatoms. The van der Waals surface area contributed by atoms with Crippen LogP contribution in [-0.2, 0) is 4.79 Å². The fourth-order valence-corrected chi connectivity index (χ4v) is 2.86. The number of nitrogens with zero attached hydrogens (tertiary/aromatic N) is 2. The van der Waals surface area contributed by atoms with Crippen LogP contribution in [0.5, 0.6) is 0 Å². The molecule has 2 aliphatic rings. The van der Waals surface area contributed by atoms with Crippen LogP contribution in [0.25, 0.3) is 0 Å². The highest BCUT2D eigenvalue weighted by Gasteiger charge is 2.27. The SMILES string of the molecule is O=C(CN1CCCNCC1)N1CCCCC1CO. The number of hydrogen-bond donors (Lipinski definition) is 2. The highest BCUT2D eigenvalue weighted by atomic mass is 16.3. The first-order chi connectivity index (χ1) is 8.81. The van der Waals surface area contributed by atoms with E-state index in [1.165, 1.54) is 0 Å². The molecule has 0 aromatic rings. The Morgan fingerprint density at radius 3 is 2.89 bits per heavy atom. The topological polar surface area (TPSA) is 55.8 Å². The smallest absolute Gasteiger partial charge is 0.237 e. The van der Waals surface area contributed by atoms with Crippen molar-refractivity contribution in [3.8, 4) is 0 Å². The van der Waals surface area contributed by atoms with Gasteiger partial charge in [-0.15, -0.1) is 0 Å². The van der Waals surface area contributed by atoms with Crippen LogP contribution in [0.15, 0.2) is 0 Å². The average Bonchev–Trinajstić information content (AvgIpc) is 2.67. The second-order valence-corrected chi connectivity index (χ2v) is 5.30. The molecule has 2 rings (SSSR count). The molecule has 1 unspecified atom stereocenters. The van der Waals surface area contributed by atoms with Gasteiger partial charge in [0.15, 0.2) is 0 Å². The summed E-state index contributed by atoms with van der Waals surface area (Å²) in [4.78, 5) is 16.4. The summed E-state index contributed by atoms with van der Waals surface area (Å²) in [7, 11) is 0. The molecule has 0 radical (unpaired) electrons. The van der Waals surface area contributed by atoms with E-state index in [1.54, 1.807) is 0 Å². The average molecular weight is 255 g/mol. The van der Waals surface area contributed by atoms with Crippen LogP contribution < -0.4 is 5.32 Å². The molecule has 0 aromatic heterocycles. The minimum absolute atomic E-state index is 0.0522. The van der Waals surface area contributed by atoms with Gasteiger partial charge in [0.05, 0.1) is 19.2 Å². The van der Waals surface area contributed by atoms with Gasteiger partial charge in [0.1, 0.15) is 0 Å². The molecule has 2 aliphatic heterocycles. The lowest BCUT2D eigenvalue weighted by molar-refractivity contribution is -0.137. The fourth-order valence-electron chi connectivity index (χ4n) is 2.86. The first-order valence-electron chi connectivity index (χ1n) is 7.14. The molecule has 0 bridgehead atoms. The monoisotopic (exact) mass is 255 g/mol. The third-order valence-electron chi connectivity index (χ3n) is 3.95. The number of rotatable bonds is 3. The van der Waals surface area contributed by atoms with Crippen molar-refractivity contribution in [3.63, 3.8) is 0 Å². The van der Waals surface area contributed by atoms with Crippen molar-refractivity contribution in [3.05, 3.63) is 0 Å². The van der Waals surface area contributed by atoms with Crippen molar-refractivity contribution < 1.29 is 9.90 Å². The van der Waals surface area contributed by atoms with Gasteiger partial charge in [0.2, 0.25) is 5.91 Å². The van der Waals surface area contributed by atoms with Crippen LogP contribution in [0.4, 0.5) is 0 Å². The fraction of sp³-hybridized carbons (Fsp3) is 0.923.